The van der Waals surface area contributed by atoms with Gasteiger partial charge in [-0.3, -0.25) is 4.90 Å². The van der Waals surface area contributed by atoms with E-state index in [1.807, 2.05) is 11.8 Å². The molecule has 4 heteroatoms. The number of thioether (sulfide) groups is 1. The second-order valence-corrected chi connectivity index (χ2v) is 5.70. The first-order valence-electron chi connectivity index (χ1n) is 6.33. The Hall–Kier alpha value is 0.230. The van der Waals surface area contributed by atoms with Crippen LogP contribution in [0.4, 0.5) is 0 Å². The molecule has 96 valence electrons. The first-order valence-corrected chi connectivity index (χ1v) is 7.62. The molecule has 0 aromatic heterocycles. The van der Waals surface area contributed by atoms with Gasteiger partial charge in [-0.2, -0.15) is 11.8 Å². The standard InChI is InChI=1S/C12H26N2OS/c1-4-14-7-8-15-12(10-14)9-13-6-5-11(2)16-3/h11-13H,4-10H2,1-3H3. The molecule has 0 radical (unpaired) electrons. The number of nitrogens with one attached hydrogen (secondary N) is 1. The highest BCUT2D eigenvalue weighted by Crippen LogP contribution is 2.08. The highest BCUT2D eigenvalue weighted by atomic mass is 32.2. The molecule has 0 bridgehead atoms. The molecule has 2 unspecified atom stereocenters. The maximum atomic E-state index is 5.73. The van der Waals surface area contributed by atoms with Crippen molar-refractivity contribution in [3.8, 4) is 0 Å². The third kappa shape index (κ3) is 5.53. The summed E-state index contributed by atoms with van der Waals surface area (Å²) < 4.78 is 5.73. The van der Waals surface area contributed by atoms with Gasteiger partial charge in [-0.15, -0.1) is 0 Å². The van der Waals surface area contributed by atoms with Crippen LogP contribution < -0.4 is 5.32 Å². The molecule has 0 amide bonds. The number of likely N-dealkylation sites (N-methyl/N-ethyl adjacent to an activating group) is 1. The molecule has 0 aliphatic carbocycles. The summed E-state index contributed by atoms with van der Waals surface area (Å²) in [5, 5.41) is 4.26. The number of hydrogen-bond donors (Lipinski definition) is 1. The molecular weight excluding hydrogens is 220 g/mol. The van der Waals surface area contributed by atoms with Crippen molar-refractivity contribution in [2.24, 2.45) is 0 Å². The van der Waals surface area contributed by atoms with Crippen LogP contribution in [0.1, 0.15) is 20.3 Å². The molecular formula is C12H26N2OS. The Bertz CT molecular complexity index is 180. The van der Waals surface area contributed by atoms with Crippen molar-refractivity contribution in [2.75, 3.05) is 45.6 Å². The monoisotopic (exact) mass is 246 g/mol. The maximum Gasteiger partial charge on any atom is 0.0826 e. The first kappa shape index (κ1) is 14.3. The summed E-state index contributed by atoms with van der Waals surface area (Å²) in [6, 6.07) is 0. The van der Waals surface area contributed by atoms with Gasteiger partial charge in [0.25, 0.3) is 0 Å². The van der Waals surface area contributed by atoms with Crippen LogP contribution in [0.5, 0.6) is 0 Å². The molecule has 1 aliphatic rings. The van der Waals surface area contributed by atoms with Crippen LogP contribution in [0.3, 0.4) is 0 Å². The molecule has 0 spiro atoms. The second kappa shape index (κ2) is 8.34. The smallest absolute Gasteiger partial charge is 0.0826 e. The fraction of sp³-hybridized carbons (Fsp3) is 1.00. The van der Waals surface area contributed by atoms with Crippen LogP contribution in [-0.2, 0) is 4.74 Å². The van der Waals surface area contributed by atoms with E-state index in [1.165, 1.54) is 6.42 Å². The Balaban J connectivity index is 2.04. The van der Waals surface area contributed by atoms with Gasteiger partial charge in [0, 0.05) is 24.9 Å². The lowest BCUT2D eigenvalue weighted by atomic mass is 10.2. The maximum absolute atomic E-state index is 5.73. The summed E-state index contributed by atoms with van der Waals surface area (Å²) >= 11 is 1.94. The average molecular weight is 246 g/mol. The Kier molecular flexibility index (Phi) is 7.45. The van der Waals surface area contributed by atoms with Crippen molar-refractivity contribution in [2.45, 2.75) is 31.6 Å². The average Bonchev–Trinajstić information content (AvgIpc) is 2.34. The van der Waals surface area contributed by atoms with E-state index in [4.69, 9.17) is 4.74 Å². The van der Waals surface area contributed by atoms with Gasteiger partial charge in [-0.05, 0) is 25.8 Å². The zero-order valence-corrected chi connectivity index (χ0v) is 11.7. The zero-order valence-electron chi connectivity index (χ0n) is 10.9. The highest BCUT2D eigenvalue weighted by Gasteiger charge is 2.18. The largest absolute Gasteiger partial charge is 0.374 e. The van der Waals surface area contributed by atoms with Gasteiger partial charge in [0.1, 0.15) is 0 Å². The minimum Gasteiger partial charge on any atom is -0.374 e. The summed E-state index contributed by atoms with van der Waals surface area (Å²) in [5.74, 6) is 0. The van der Waals surface area contributed by atoms with Gasteiger partial charge in [0.15, 0.2) is 0 Å². The molecule has 1 saturated heterocycles. The molecule has 0 aromatic rings. The van der Waals surface area contributed by atoms with Crippen LogP contribution in [0, 0.1) is 0 Å². The third-order valence-electron chi connectivity index (χ3n) is 3.17. The van der Waals surface area contributed by atoms with Gasteiger partial charge in [0.2, 0.25) is 0 Å². The Morgan fingerprint density at radius 2 is 2.38 bits per heavy atom. The molecule has 1 heterocycles. The molecule has 16 heavy (non-hydrogen) atoms. The Morgan fingerprint density at radius 3 is 3.06 bits per heavy atom. The quantitative estimate of drug-likeness (QED) is 0.687. The zero-order chi connectivity index (χ0) is 11.8. The van der Waals surface area contributed by atoms with Crippen LogP contribution >= 0.6 is 11.8 Å². The summed E-state index contributed by atoms with van der Waals surface area (Å²) in [6.07, 6.45) is 3.80. The van der Waals surface area contributed by atoms with Gasteiger partial charge < -0.3 is 10.1 Å². The van der Waals surface area contributed by atoms with Crippen molar-refractivity contribution in [1.82, 2.24) is 10.2 Å². The first-order chi connectivity index (χ1) is 7.76. The van der Waals surface area contributed by atoms with E-state index < -0.39 is 0 Å². The van der Waals surface area contributed by atoms with E-state index in [0.717, 1.165) is 44.6 Å². The normalized spacial score (nSPS) is 24.6. The van der Waals surface area contributed by atoms with E-state index in [9.17, 15) is 0 Å². The minimum absolute atomic E-state index is 0.387. The fourth-order valence-electron chi connectivity index (χ4n) is 1.88. The lowest BCUT2D eigenvalue weighted by Crippen LogP contribution is -2.46. The number of rotatable bonds is 7. The third-order valence-corrected chi connectivity index (χ3v) is 4.21. The number of ether oxygens (including phenoxy) is 1. The number of morpholine rings is 1. The molecule has 3 nitrogen and oxygen atoms in total. The van der Waals surface area contributed by atoms with E-state index in [1.54, 1.807) is 0 Å². The van der Waals surface area contributed by atoms with E-state index in [-0.39, 0.29) is 0 Å². The van der Waals surface area contributed by atoms with Crippen LogP contribution in [0.15, 0.2) is 0 Å². The highest BCUT2D eigenvalue weighted by molar-refractivity contribution is 7.99. The summed E-state index contributed by atoms with van der Waals surface area (Å²) in [5.41, 5.74) is 0. The molecule has 0 aromatic carbocycles. The lowest BCUT2D eigenvalue weighted by Gasteiger charge is -2.32. The summed E-state index contributed by atoms with van der Waals surface area (Å²) in [7, 11) is 0. The topological polar surface area (TPSA) is 24.5 Å². The van der Waals surface area contributed by atoms with Crippen molar-refractivity contribution in [3.63, 3.8) is 0 Å². The second-order valence-electron chi connectivity index (χ2n) is 4.43. The van der Waals surface area contributed by atoms with Crippen molar-refractivity contribution in [1.29, 1.82) is 0 Å². The fourth-order valence-corrected chi connectivity index (χ4v) is 2.23. The SMILES string of the molecule is CCN1CCOC(CNCCC(C)SC)C1. The Morgan fingerprint density at radius 1 is 1.56 bits per heavy atom. The molecule has 1 rings (SSSR count). The molecule has 1 fully saturated rings. The van der Waals surface area contributed by atoms with E-state index in [0.29, 0.717) is 6.10 Å². The molecule has 1 aliphatic heterocycles. The van der Waals surface area contributed by atoms with Crippen molar-refractivity contribution in [3.05, 3.63) is 0 Å². The molecule has 2 atom stereocenters. The van der Waals surface area contributed by atoms with E-state index >= 15 is 0 Å². The van der Waals surface area contributed by atoms with Gasteiger partial charge >= 0.3 is 0 Å². The van der Waals surface area contributed by atoms with Crippen molar-refractivity contribution >= 4 is 11.8 Å². The predicted octanol–water partition coefficient (Wildman–Crippen LogP) is 1.44. The van der Waals surface area contributed by atoms with Gasteiger partial charge in [0.05, 0.1) is 12.7 Å². The number of nitrogens with zero attached hydrogens (tertiary/aromatic N) is 1. The van der Waals surface area contributed by atoms with Gasteiger partial charge in [-0.1, -0.05) is 13.8 Å². The minimum atomic E-state index is 0.387. The van der Waals surface area contributed by atoms with Crippen LogP contribution in [-0.4, -0.2) is 61.8 Å². The number of hydrogen-bond acceptors (Lipinski definition) is 4. The molecule has 0 saturated carbocycles. The summed E-state index contributed by atoms with van der Waals surface area (Å²) in [6.45, 7) is 10.8. The van der Waals surface area contributed by atoms with Crippen molar-refractivity contribution < 1.29 is 4.74 Å². The van der Waals surface area contributed by atoms with Crippen LogP contribution in [0.25, 0.3) is 0 Å². The Labute approximate surface area is 104 Å². The summed E-state index contributed by atoms with van der Waals surface area (Å²) in [4.78, 5) is 2.46. The lowest BCUT2D eigenvalue weighted by molar-refractivity contribution is -0.0251. The van der Waals surface area contributed by atoms with E-state index in [2.05, 4.69) is 30.3 Å². The van der Waals surface area contributed by atoms with Crippen LogP contribution in [0.2, 0.25) is 0 Å². The van der Waals surface area contributed by atoms with Gasteiger partial charge in [-0.25, -0.2) is 0 Å². The predicted molar refractivity (Wildman–Crippen MR) is 72.3 cm³/mol. The molecule has 1 N–H and O–H groups in total.